The van der Waals surface area contributed by atoms with Crippen LogP contribution in [0.2, 0.25) is 0 Å². The Morgan fingerprint density at radius 1 is 1.53 bits per heavy atom. The molecule has 17 heavy (non-hydrogen) atoms. The molecule has 0 saturated heterocycles. The molecule has 0 atom stereocenters. The Bertz CT molecular complexity index is 388. The lowest BCUT2D eigenvalue weighted by Crippen LogP contribution is -2.25. The van der Waals surface area contributed by atoms with Gasteiger partial charge in [-0.2, -0.15) is 0 Å². The van der Waals surface area contributed by atoms with E-state index >= 15 is 0 Å². The smallest absolute Gasteiger partial charge is 0.220 e. The molecule has 1 aromatic rings. The van der Waals surface area contributed by atoms with E-state index in [4.69, 9.17) is 0 Å². The van der Waals surface area contributed by atoms with Gasteiger partial charge in [0.2, 0.25) is 5.91 Å². The molecule has 2 rings (SSSR count). The molecule has 1 aromatic heterocycles. The molecule has 2 N–H and O–H groups in total. The highest BCUT2D eigenvalue weighted by molar-refractivity contribution is 5.76. The summed E-state index contributed by atoms with van der Waals surface area (Å²) in [5.74, 6) is 1.05. The molecule has 0 aromatic carbocycles. The van der Waals surface area contributed by atoms with Gasteiger partial charge in [0, 0.05) is 25.2 Å². The number of nitrogens with zero attached hydrogens (tertiary/aromatic N) is 1. The Kier molecular flexibility index (Phi) is 3.96. The van der Waals surface area contributed by atoms with Gasteiger partial charge in [0.25, 0.3) is 0 Å². The number of carbonyl (C=O) groups is 1. The van der Waals surface area contributed by atoms with Gasteiger partial charge in [-0.1, -0.05) is 0 Å². The van der Waals surface area contributed by atoms with Crippen molar-refractivity contribution in [1.82, 2.24) is 10.3 Å². The van der Waals surface area contributed by atoms with Gasteiger partial charge in [0.1, 0.15) is 5.82 Å². The van der Waals surface area contributed by atoms with Gasteiger partial charge in [0.05, 0.1) is 0 Å². The predicted molar refractivity (Wildman–Crippen MR) is 67.9 cm³/mol. The number of anilines is 1. The molecule has 92 valence electrons. The minimum atomic E-state index is 0.173. The largest absolute Gasteiger partial charge is 0.370 e. The van der Waals surface area contributed by atoms with Gasteiger partial charge in [-0.3, -0.25) is 4.79 Å². The van der Waals surface area contributed by atoms with Crippen LogP contribution in [0.15, 0.2) is 18.3 Å². The van der Waals surface area contributed by atoms with Crippen LogP contribution >= 0.6 is 0 Å². The molecular weight excluding hydrogens is 214 g/mol. The van der Waals surface area contributed by atoms with Crippen LogP contribution in [-0.4, -0.2) is 23.5 Å². The lowest BCUT2D eigenvalue weighted by molar-refractivity contribution is -0.121. The topological polar surface area (TPSA) is 54.0 Å². The highest BCUT2D eigenvalue weighted by atomic mass is 16.1. The lowest BCUT2D eigenvalue weighted by atomic mass is 10.2. The number of aromatic nitrogens is 1. The molecule has 1 aliphatic carbocycles. The van der Waals surface area contributed by atoms with Crippen LogP contribution in [0.4, 0.5) is 5.82 Å². The number of hydrogen-bond acceptors (Lipinski definition) is 3. The molecule has 4 nitrogen and oxygen atoms in total. The zero-order valence-electron chi connectivity index (χ0n) is 10.2. The SMILES string of the molecule is Cc1ccnc(NCCCC(=O)NC2CC2)c1. The van der Waals surface area contributed by atoms with E-state index in [1.807, 2.05) is 19.1 Å². The van der Waals surface area contributed by atoms with Gasteiger partial charge in [-0.05, 0) is 43.9 Å². The summed E-state index contributed by atoms with van der Waals surface area (Å²) in [6, 6.07) is 4.44. The minimum Gasteiger partial charge on any atom is -0.370 e. The van der Waals surface area contributed by atoms with Crippen molar-refractivity contribution in [1.29, 1.82) is 0 Å². The Hall–Kier alpha value is -1.58. The maximum Gasteiger partial charge on any atom is 0.220 e. The van der Waals surface area contributed by atoms with E-state index < -0.39 is 0 Å². The van der Waals surface area contributed by atoms with E-state index in [-0.39, 0.29) is 5.91 Å². The highest BCUT2D eigenvalue weighted by Gasteiger charge is 2.22. The molecule has 1 heterocycles. The second-order valence-electron chi connectivity index (χ2n) is 4.59. The number of rotatable bonds is 6. The number of amides is 1. The summed E-state index contributed by atoms with van der Waals surface area (Å²) in [4.78, 5) is 15.6. The van der Waals surface area contributed by atoms with Crippen molar-refractivity contribution in [2.45, 2.75) is 38.6 Å². The van der Waals surface area contributed by atoms with Crippen LogP contribution in [-0.2, 0) is 4.79 Å². The average Bonchev–Trinajstić information content (AvgIpc) is 3.08. The maximum absolute atomic E-state index is 11.4. The van der Waals surface area contributed by atoms with Crippen LogP contribution < -0.4 is 10.6 Å². The van der Waals surface area contributed by atoms with Gasteiger partial charge >= 0.3 is 0 Å². The first-order chi connectivity index (χ1) is 8.24. The highest BCUT2D eigenvalue weighted by Crippen LogP contribution is 2.18. The summed E-state index contributed by atoms with van der Waals surface area (Å²) in [6.45, 7) is 2.82. The summed E-state index contributed by atoms with van der Waals surface area (Å²) < 4.78 is 0. The average molecular weight is 233 g/mol. The molecule has 1 aliphatic rings. The Morgan fingerprint density at radius 3 is 3.06 bits per heavy atom. The molecule has 0 bridgehead atoms. The van der Waals surface area contributed by atoms with E-state index in [0.717, 1.165) is 31.6 Å². The molecule has 4 heteroatoms. The molecule has 1 amide bonds. The van der Waals surface area contributed by atoms with Crippen LogP contribution in [0.5, 0.6) is 0 Å². The molecule has 0 spiro atoms. The van der Waals surface area contributed by atoms with Crippen molar-refractivity contribution in [3.8, 4) is 0 Å². The van der Waals surface area contributed by atoms with Crippen molar-refractivity contribution in [2.75, 3.05) is 11.9 Å². The first kappa shape index (κ1) is 11.9. The molecular formula is C13H19N3O. The third-order valence-electron chi connectivity index (χ3n) is 2.74. The normalized spacial score (nSPS) is 14.4. The van der Waals surface area contributed by atoms with Gasteiger partial charge in [-0.15, -0.1) is 0 Å². The second-order valence-corrected chi connectivity index (χ2v) is 4.59. The van der Waals surface area contributed by atoms with Crippen molar-refractivity contribution >= 4 is 11.7 Å². The number of aryl methyl sites for hydroxylation is 1. The first-order valence-corrected chi connectivity index (χ1v) is 6.20. The molecule has 0 aliphatic heterocycles. The summed E-state index contributed by atoms with van der Waals surface area (Å²) in [6.07, 6.45) is 5.52. The van der Waals surface area contributed by atoms with Crippen LogP contribution in [0.25, 0.3) is 0 Å². The van der Waals surface area contributed by atoms with Crippen molar-refractivity contribution < 1.29 is 4.79 Å². The van der Waals surface area contributed by atoms with Gasteiger partial charge in [0.15, 0.2) is 0 Å². The van der Waals surface area contributed by atoms with E-state index in [1.54, 1.807) is 6.20 Å². The van der Waals surface area contributed by atoms with Crippen molar-refractivity contribution in [3.05, 3.63) is 23.9 Å². The van der Waals surface area contributed by atoms with E-state index in [0.29, 0.717) is 12.5 Å². The monoisotopic (exact) mass is 233 g/mol. The fourth-order valence-electron chi connectivity index (χ4n) is 1.63. The van der Waals surface area contributed by atoms with E-state index in [2.05, 4.69) is 15.6 Å². The quantitative estimate of drug-likeness (QED) is 0.737. The zero-order chi connectivity index (χ0) is 12.1. The third kappa shape index (κ3) is 4.43. The lowest BCUT2D eigenvalue weighted by Gasteiger charge is -2.06. The van der Waals surface area contributed by atoms with Crippen LogP contribution in [0, 0.1) is 6.92 Å². The molecule has 0 radical (unpaired) electrons. The fourth-order valence-corrected chi connectivity index (χ4v) is 1.63. The predicted octanol–water partition coefficient (Wildman–Crippen LogP) is 1.86. The number of hydrogen-bond donors (Lipinski definition) is 2. The van der Waals surface area contributed by atoms with Crippen LogP contribution in [0.3, 0.4) is 0 Å². The third-order valence-corrected chi connectivity index (χ3v) is 2.74. The summed E-state index contributed by atoms with van der Waals surface area (Å²) >= 11 is 0. The number of nitrogens with one attached hydrogen (secondary N) is 2. The Labute approximate surface area is 102 Å². The zero-order valence-corrected chi connectivity index (χ0v) is 10.2. The molecule has 0 unspecified atom stereocenters. The first-order valence-electron chi connectivity index (χ1n) is 6.20. The van der Waals surface area contributed by atoms with Gasteiger partial charge < -0.3 is 10.6 Å². The van der Waals surface area contributed by atoms with Crippen molar-refractivity contribution in [3.63, 3.8) is 0 Å². The summed E-state index contributed by atoms with van der Waals surface area (Å²) in [5, 5.41) is 6.20. The second kappa shape index (κ2) is 5.66. The molecule has 1 fully saturated rings. The standard InChI is InChI=1S/C13H19N3O/c1-10-6-8-15-12(9-10)14-7-2-3-13(17)16-11-4-5-11/h6,8-9,11H,2-5,7H2,1H3,(H,14,15)(H,16,17). The Morgan fingerprint density at radius 2 is 2.35 bits per heavy atom. The Balaban J connectivity index is 1.60. The number of carbonyl (C=O) groups excluding carboxylic acids is 1. The summed E-state index contributed by atoms with van der Waals surface area (Å²) in [7, 11) is 0. The fraction of sp³-hybridized carbons (Fsp3) is 0.538. The maximum atomic E-state index is 11.4. The summed E-state index contributed by atoms with van der Waals surface area (Å²) in [5.41, 5.74) is 1.19. The van der Waals surface area contributed by atoms with Gasteiger partial charge in [-0.25, -0.2) is 4.98 Å². The van der Waals surface area contributed by atoms with E-state index in [9.17, 15) is 4.79 Å². The van der Waals surface area contributed by atoms with E-state index in [1.165, 1.54) is 5.56 Å². The van der Waals surface area contributed by atoms with Crippen LogP contribution in [0.1, 0.15) is 31.2 Å². The van der Waals surface area contributed by atoms with Crippen molar-refractivity contribution in [2.24, 2.45) is 0 Å². The minimum absolute atomic E-state index is 0.173. The molecule has 1 saturated carbocycles. The number of pyridine rings is 1.